The Kier molecular flexibility index (Phi) is 4.62. The molecule has 0 spiro atoms. The van der Waals surface area contributed by atoms with Crippen LogP contribution in [-0.4, -0.2) is 22.9 Å². The fraction of sp³-hybridized carbons (Fsp3) is 0.471. The van der Waals surface area contributed by atoms with E-state index in [4.69, 9.17) is 0 Å². The van der Waals surface area contributed by atoms with Gasteiger partial charge in [0.2, 0.25) is 0 Å². The van der Waals surface area contributed by atoms with Crippen molar-refractivity contribution >= 4 is 0 Å². The molecular formula is C17H20F4N3+. The molecule has 1 N–H and O–H groups in total. The van der Waals surface area contributed by atoms with Crippen LogP contribution in [0.4, 0.5) is 17.6 Å². The van der Waals surface area contributed by atoms with Crippen LogP contribution in [0.5, 0.6) is 0 Å². The van der Waals surface area contributed by atoms with Crippen LogP contribution in [0.1, 0.15) is 36.2 Å². The van der Waals surface area contributed by atoms with Gasteiger partial charge in [-0.3, -0.25) is 0 Å². The molecule has 0 atom stereocenters. The van der Waals surface area contributed by atoms with Crippen molar-refractivity contribution in [1.82, 2.24) is 9.78 Å². The first kappa shape index (κ1) is 17.0. The molecule has 1 aromatic heterocycles. The first-order chi connectivity index (χ1) is 11.4. The van der Waals surface area contributed by atoms with Gasteiger partial charge in [0.25, 0.3) is 0 Å². The summed E-state index contributed by atoms with van der Waals surface area (Å²) in [5.74, 6) is -5.44. The highest BCUT2D eigenvalue weighted by atomic mass is 19.2. The summed E-state index contributed by atoms with van der Waals surface area (Å²) in [6.07, 6.45) is 2.98. The Morgan fingerprint density at radius 1 is 0.958 bits per heavy atom. The molecule has 1 fully saturated rings. The number of hydrogen-bond donors (Lipinski definition) is 1. The molecule has 130 valence electrons. The van der Waals surface area contributed by atoms with E-state index in [1.807, 2.05) is 0 Å². The quantitative estimate of drug-likeness (QED) is 0.672. The molecule has 2 aromatic rings. The summed E-state index contributed by atoms with van der Waals surface area (Å²) in [4.78, 5) is 0.941. The van der Waals surface area contributed by atoms with Crippen LogP contribution in [0.15, 0.2) is 6.07 Å². The Labute approximate surface area is 137 Å². The highest BCUT2D eigenvalue weighted by Gasteiger charge is 2.30. The second-order valence-electron chi connectivity index (χ2n) is 6.41. The molecular weight excluding hydrogens is 322 g/mol. The van der Waals surface area contributed by atoms with Gasteiger partial charge in [-0.15, -0.1) is 0 Å². The van der Waals surface area contributed by atoms with Gasteiger partial charge in [0.05, 0.1) is 24.3 Å². The Morgan fingerprint density at radius 3 is 2.04 bits per heavy atom. The van der Waals surface area contributed by atoms with Crippen molar-refractivity contribution in [2.75, 3.05) is 13.1 Å². The summed E-state index contributed by atoms with van der Waals surface area (Å²) < 4.78 is 58.8. The molecule has 0 saturated carbocycles. The number of halogens is 4. The highest BCUT2D eigenvalue weighted by Crippen LogP contribution is 2.27. The highest BCUT2D eigenvalue weighted by molar-refractivity contribution is 5.41. The lowest BCUT2D eigenvalue weighted by atomic mass is 10.1. The van der Waals surface area contributed by atoms with E-state index in [1.54, 1.807) is 19.9 Å². The van der Waals surface area contributed by atoms with Gasteiger partial charge in [-0.1, -0.05) is 0 Å². The molecule has 0 radical (unpaired) electrons. The predicted octanol–water partition coefficient (Wildman–Crippen LogP) is 2.61. The minimum Gasteiger partial charge on any atom is -0.331 e. The molecule has 1 aromatic carbocycles. The van der Waals surface area contributed by atoms with Crippen LogP contribution < -0.4 is 4.90 Å². The number of piperidine rings is 1. The molecule has 7 heteroatoms. The average Bonchev–Trinajstić information content (AvgIpc) is 2.89. The number of aromatic nitrogens is 2. The summed E-state index contributed by atoms with van der Waals surface area (Å²) in [6.45, 7) is 4.66. The maximum Gasteiger partial charge on any atom is 0.188 e. The van der Waals surface area contributed by atoms with E-state index in [0.717, 1.165) is 41.9 Å². The lowest BCUT2D eigenvalue weighted by Gasteiger charge is -2.24. The zero-order valence-corrected chi connectivity index (χ0v) is 13.7. The smallest absolute Gasteiger partial charge is 0.188 e. The number of benzene rings is 1. The summed E-state index contributed by atoms with van der Waals surface area (Å²) in [5, 5.41) is 3.93. The Bertz CT molecular complexity index is 735. The number of nitrogens with one attached hydrogen (secondary N) is 1. The van der Waals surface area contributed by atoms with E-state index < -0.39 is 34.5 Å². The molecule has 1 aliphatic heterocycles. The number of hydrogen-bond acceptors (Lipinski definition) is 1. The maximum absolute atomic E-state index is 14.5. The average molecular weight is 342 g/mol. The van der Waals surface area contributed by atoms with Crippen molar-refractivity contribution < 1.29 is 22.5 Å². The van der Waals surface area contributed by atoms with Crippen molar-refractivity contribution in [2.45, 2.75) is 39.7 Å². The zero-order valence-electron chi connectivity index (χ0n) is 13.7. The normalized spacial score (nSPS) is 15.9. The number of aryl methyl sites for hydroxylation is 2. The second kappa shape index (κ2) is 6.55. The second-order valence-corrected chi connectivity index (χ2v) is 6.41. The van der Waals surface area contributed by atoms with Gasteiger partial charge < -0.3 is 4.90 Å². The predicted molar refractivity (Wildman–Crippen MR) is 81.1 cm³/mol. The van der Waals surface area contributed by atoms with Gasteiger partial charge in [-0.05, 0) is 39.2 Å². The van der Waals surface area contributed by atoms with E-state index >= 15 is 0 Å². The van der Waals surface area contributed by atoms with Crippen LogP contribution in [0.2, 0.25) is 0 Å². The first-order valence-electron chi connectivity index (χ1n) is 8.12. The lowest BCUT2D eigenvalue weighted by molar-refractivity contribution is -0.918. The number of likely N-dealkylation sites (tertiary alicyclic amines) is 1. The fourth-order valence-electron chi connectivity index (χ4n) is 3.34. The van der Waals surface area contributed by atoms with Crippen molar-refractivity contribution in [3.63, 3.8) is 0 Å². The van der Waals surface area contributed by atoms with E-state index in [-0.39, 0.29) is 6.54 Å². The van der Waals surface area contributed by atoms with E-state index in [0.29, 0.717) is 11.4 Å². The molecule has 1 aliphatic rings. The van der Waals surface area contributed by atoms with Crippen molar-refractivity contribution in [1.29, 1.82) is 0 Å². The van der Waals surface area contributed by atoms with Gasteiger partial charge in [0.1, 0.15) is 12.2 Å². The zero-order chi connectivity index (χ0) is 17.4. The molecule has 24 heavy (non-hydrogen) atoms. The number of quaternary nitrogens is 1. The van der Waals surface area contributed by atoms with E-state index in [1.165, 1.54) is 0 Å². The van der Waals surface area contributed by atoms with E-state index in [2.05, 4.69) is 5.10 Å². The standard InChI is InChI=1S/C17H19F4N3/c1-10-8-11(2)24(22-10)17-15(20)13(18)12(14(19)16(17)21)9-23-6-4-3-5-7-23/h8H,3-7,9H2,1-2H3/p+1. The molecule has 3 nitrogen and oxygen atoms in total. The van der Waals surface area contributed by atoms with Crippen molar-refractivity contribution in [3.05, 3.63) is 46.3 Å². The number of rotatable bonds is 3. The molecule has 2 heterocycles. The Morgan fingerprint density at radius 2 is 1.54 bits per heavy atom. The van der Waals surface area contributed by atoms with Crippen LogP contribution in [0.3, 0.4) is 0 Å². The molecule has 0 bridgehead atoms. The third-order valence-electron chi connectivity index (χ3n) is 4.54. The lowest BCUT2D eigenvalue weighted by Crippen LogP contribution is -3.11. The van der Waals surface area contributed by atoms with Gasteiger partial charge in [0.15, 0.2) is 23.3 Å². The molecule has 0 unspecified atom stereocenters. The SMILES string of the molecule is Cc1cc(C)n(-c2c(F)c(F)c(C[NH+]3CCCCC3)c(F)c2F)n1. The maximum atomic E-state index is 14.5. The first-order valence-corrected chi connectivity index (χ1v) is 8.12. The Balaban J connectivity index is 2.06. The Hall–Kier alpha value is -1.89. The third-order valence-corrected chi connectivity index (χ3v) is 4.54. The molecule has 3 rings (SSSR count). The van der Waals surface area contributed by atoms with Gasteiger partial charge in [0, 0.05) is 5.69 Å². The van der Waals surface area contributed by atoms with Gasteiger partial charge in [-0.2, -0.15) is 5.10 Å². The third kappa shape index (κ3) is 2.92. The van der Waals surface area contributed by atoms with Crippen LogP contribution in [0.25, 0.3) is 5.69 Å². The van der Waals surface area contributed by atoms with Crippen molar-refractivity contribution in [2.24, 2.45) is 0 Å². The number of nitrogens with zero attached hydrogens (tertiary/aromatic N) is 2. The monoisotopic (exact) mass is 342 g/mol. The van der Waals surface area contributed by atoms with Gasteiger partial charge >= 0.3 is 0 Å². The fourth-order valence-corrected chi connectivity index (χ4v) is 3.34. The van der Waals surface area contributed by atoms with E-state index in [9.17, 15) is 17.6 Å². The summed E-state index contributed by atoms with van der Waals surface area (Å²) in [6, 6.07) is 1.58. The topological polar surface area (TPSA) is 22.3 Å². The minimum absolute atomic E-state index is 0.0527. The minimum atomic E-state index is -1.40. The molecule has 0 amide bonds. The van der Waals surface area contributed by atoms with Crippen LogP contribution in [-0.2, 0) is 6.54 Å². The summed E-state index contributed by atoms with van der Waals surface area (Å²) in [7, 11) is 0. The van der Waals surface area contributed by atoms with Crippen LogP contribution in [0, 0.1) is 37.1 Å². The summed E-state index contributed by atoms with van der Waals surface area (Å²) in [5.41, 5.74) is -0.410. The summed E-state index contributed by atoms with van der Waals surface area (Å²) >= 11 is 0. The van der Waals surface area contributed by atoms with Crippen molar-refractivity contribution in [3.8, 4) is 5.69 Å². The largest absolute Gasteiger partial charge is 0.331 e. The van der Waals surface area contributed by atoms with Crippen LogP contribution >= 0.6 is 0 Å². The molecule has 0 aliphatic carbocycles. The van der Waals surface area contributed by atoms with Gasteiger partial charge in [-0.25, -0.2) is 22.2 Å². The molecule has 1 saturated heterocycles.